The molecule has 4 aromatic carbocycles. The minimum Gasteiger partial charge on any atom is -0.497 e. The van der Waals surface area contributed by atoms with Gasteiger partial charge in [-0.1, -0.05) is 67.3 Å². The molecule has 0 radical (unpaired) electrons. The second-order valence-corrected chi connectivity index (χ2v) is 10.2. The molecule has 4 rings (SSSR count). The van der Waals surface area contributed by atoms with E-state index < -0.39 is 11.8 Å². The van der Waals surface area contributed by atoms with Crippen molar-refractivity contribution in [3.05, 3.63) is 127 Å². The fourth-order valence-corrected chi connectivity index (χ4v) is 3.67. The zero-order valence-corrected chi connectivity index (χ0v) is 26.2. The second kappa shape index (κ2) is 17.5. The SMILES string of the molecule is C=C(C)C.C=C(C)C(=O)Oc1ccc(-c2cc(OC=O)c(-c3ccc(-c4ccc(OC)cc4)cc3)cc2F)cc1.C=C(C)C=O. The maximum absolute atomic E-state index is 15.2. The summed E-state index contributed by atoms with van der Waals surface area (Å²) in [5.41, 5.74) is 5.89. The molecule has 0 spiro atoms. The zero-order valence-electron chi connectivity index (χ0n) is 26.2. The Morgan fingerprint density at radius 3 is 1.56 bits per heavy atom. The number of carbonyl (C=O) groups is 3. The number of allylic oxidation sites excluding steroid dienone is 2. The number of esters is 1. The molecule has 4 aromatic rings. The standard InChI is InChI=1S/C30H23FO5.C4H6O.C4H8/c1-19(2)30(33)36-25-14-10-22(11-15-25)26-17-29(35-18-32)27(16-28(26)31)23-6-4-20(5-7-23)21-8-12-24(34-3)13-9-21;1-4(2)3-5;1-4(2)3/h4-18H,1H2,2-3H3;3H,1H2,2H3;1H2,2-3H3. The average Bonchev–Trinajstić information content (AvgIpc) is 3.02. The molecule has 232 valence electrons. The van der Waals surface area contributed by atoms with E-state index in [9.17, 15) is 14.4 Å². The van der Waals surface area contributed by atoms with Gasteiger partial charge in [-0.25, -0.2) is 9.18 Å². The molecule has 0 bridgehead atoms. The van der Waals surface area contributed by atoms with Crippen molar-refractivity contribution in [1.82, 2.24) is 0 Å². The van der Waals surface area contributed by atoms with Crippen LogP contribution in [0.15, 0.2) is 121 Å². The largest absolute Gasteiger partial charge is 0.497 e. The highest BCUT2D eigenvalue weighted by Crippen LogP contribution is 2.37. The molecule has 0 aromatic heterocycles. The van der Waals surface area contributed by atoms with Crippen molar-refractivity contribution in [2.24, 2.45) is 0 Å². The van der Waals surface area contributed by atoms with E-state index in [-0.39, 0.29) is 16.9 Å². The lowest BCUT2D eigenvalue weighted by Gasteiger charge is -2.13. The summed E-state index contributed by atoms with van der Waals surface area (Å²) in [6, 6.07) is 24.3. The van der Waals surface area contributed by atoms with E-state index in [1.54, 1.807) is 45.2 Å². The Morgan fingerprint density at radius 2 is 1.11 bits per heavy atom. The number of hydrogen-bond acceptors (Lipinski definition) is 6. The molecule has 0 saturated carbocycles. The van der Waals surface area contributed by atoms with Crippen molar-refractivity contribution in [3.8, 4) is 50.6 Å². The van der Waals surface area contributed by atoms with E-state index in [1.807, 2.05) is 62.4 Å². The van der Waals surface area contributed by atoms with Crippen LogP contribution in [0.5, 0.6) is 17.2 Å². The molecule has 6 nitrogen and oxygen atoms in total. The lowest BCUT2D eigenvalue weighted by molar-refractivity contribution is -0.130. The molecule has 0 heterocycles. The molecule has 45 heavy (non-hydrogen) atoms. The quantitative estimate of drug-likeness (QED) is 0.0620. The highest BCUT2D eigenvalue weighted by molar-refractivity contribution is 5.89. The molecule has 0 aliphatic carbocycles. The van der Waals surface area contributed by atoms with Crippen LogP contribution in [0.4, 0.5) is 4.39 Å². The zero-order chi connectivity index (χ0) is 33.5. The van der Waals surface area contributed by atoms with Crippen LogP contribution in [-0.4, -0.2) is 25.8 Å². The van der Waals surface area contributed by atoms with E-state index >= 15 is 4.39 Å². The monoisotopic (exact) mass is 608 g/mol. The molecule has 0 aliphatic heterocycles. The summed E-state index contributed by atoms with van der Waals surface area (Å²) in [5.74, 6) is 0.262. The van der Waals surface area contributed by atoms with Gasteiger partial charge in [-0.3, -0.25) is 9.59 Å². The first-order chi connectivity index (χ1) is 21.4. The maximum Gasteiger partial charge on any atom is 0.338 e. The molecule has 0 amide bonds. The topological polar surface area (TPSA) is 78.9 Å². The van der Waals surface area contributed by atoms with E-state index in [4.69, 9.17) is 14.2 Å². The van der Waals surface area contributed by atoms with Crippen LogP contribution >= 0.6 is 0 Å². The number of aldehydes is 1. The molecule has 0 aliphatic rings. The molecule has 0 unspecified atom stereocenters. The highest BCUT2D eigenvalue weighted by atomic mass is 19.1. The third-order valence-corrected chi connectivity index (χ3v) is 5.79. The third-order valence-electron chi connectivity index (χ3n) is 5.79. The minimum atomic E-state index is -0.544. The summed E-state index contributed by atoms with van der Waals surface area (Å²) in [6.07, 6.45) is 0.722. The van der Waals surface area contributed by atoms with E-state index in [0.29, 0.717) is 34.5 Å². The van der Waals surface area contributed by atoms with Crippen LogP contribution in [0.25, 0.3) is 33.4 Å². The predicted molar refractivity (Wildman–Crippen MR) is 178 cm³/mol. The number of rotatable bonds is 9. The fraction of sp³-hybridized carbons (Fsp3) is 0.132. The lowest BCUT2D eigenvalue weighted by Crippen LogP contribution is -2.07. The van der Waals surface area contributed by atoms with Crippen LogP contribution in [0.1, 0.15) is 27.7 Å². The van der Waals surface area contributed by atoms with Crippen molar-refractivity contribution < 1.29 is 33.0 Å². The van der Waals surface area contributed by atoms with Gasteiger partial charge in [0.1, 0.15) is 29.4 Å². The summed E-state index contributed by atoms with van der Waals surface area (Å²) in [4.78, 5) is 32.3. The number of halogens is 1. The van der Waals surface area contributed by atoms with E-state index in [2.05, 4.69) is 19.7 Å². The van der Waals surface area contributed by atoms with E-state index in [0.717, 1.165) is 23.2 Å². The maximum atomic E-state index is 15.2. The number of benzene rings is 4. The second-order valence-electron chi connectivity index (χ2n) is 10.2. The minimum absolute atomic E-state index is 0.219. The van der Waals surface area contributed by atoms with Gasteiger partial charge < -0.3 is 14.2 Å². The van der Waals surface area contributed by atoms with Crippen LogP contribution < -0.4 is 14.2 Å². The Hall–Kier alpha value is -5.56. The Labute approximate surface area is 264 Å². The normalized spacial score (nSPS) is 9.64. The molecule has 7 heteroatoms. The van der Waals surface area contributed by atoms with Crippen LogP contribution in [0.2, 0.25) is 0 Å². The highest BCUT2D eigenvalue weighted by Gasteiger charge is 2.15. The van der Waals surface area contributed by atoms with Gasteiger partial charge in [0.25, 0.3) is 6.47 Å². The van der Waals surface area contributed by atoms with Crippen LogP contribution in [-0.2, 0) is 14.4 Å². The number of methoxy groups -OCH3 is 1. The summed E-state index contributed by atoms with van der Waals surface area (Å²) in [5, 5.41) is 0. The third kappa shape index (κ3) is 11.2. The van der Waals surface area contributed by atoms with Crippen molar-refractivity contribution in [1.29, 1.82) is 0 Å². The van der Waals surface area contributed by atoms with Gasteiger partial charge in [-0.05, 0) is 91.9 Å². The smallest absolute Gasteiger partial charge is 0.338 e. The van der Waals surface area contributed by atoms with Gasteiger partial charge in [0.2, 0.25) is 0 Å². The predicted octanol–water partition coefficient (Wildman–Crippen LogP) is 9.20. The Bertz CT molecular complexity index is 1650. The summed E-state index contributed by atoms with van der Waals surface area (Å²) in [7, 11) is 1.62. The Kier molecular flexibility index (Phi) is 13.9. The van der Waals surface area contributed by atoms with Crippen LogP contribution in [0, 0.1) is 5.82 Å². The van der Waals surface area contributed by atoms with Crippen molar-refractivity contribution in [2.75, 3.05) is 7.11 Å². The number of hydrogen-bond donors (Lipinski definition) is 0. The first-order valence-electron chi connectivity index (χ1n) is 13.8. The molecule has 0 fully saturated rings. The number of ether oxygens (including phenoxy) is 3. The first-order valence-corrected chi connectivity index (χ1v) is 13.8. The van der Waals surface area contributed by atoms with E-state index in [1.165, 1.54) is 17.7 Å². The average molecular weight is 609 g/mol. The molecule has 0 saturated heterocycles. The van der Waals surface area contributed by atoms with Gasteiger partial charge in [0.05, 0.1) is 7.11 Å². The van der Waals surface area contributed by atoms with Crippen LogP contribution in [0.3, 0.4) is 0 Å². The van der Waals surface area contributed by atoms with Gasteiger partial charge in [0.15, 0.2) is 0 Å². The van der Waals surface area contributed by atoms with Gasteiger partial charge in [-0.2, -0.15) is 0 Å². The first kappa shape index (κ1) is 35.6. The Morgan fingerprint density at radius 1 is 0.689 bits per heavy atom. The molecule has 0 N–H and O–H groups in total. The van der Waals surface area contributed by atoms with Gasteiger partial charge >= 0.3 is 5.97 Å². The van der Waals surface area contributed by atoms with Gasteiger partial charge in [-0.15, -0.1) is 6.58 Å². The summed E-state index contributed by atoms with van der Waals surface area (Å²) in [6.45, 7) is 17.9. The lowest BCUT2D eigenvalue weighted by atomic mass is 9.96. The fourth-order valence-electron chi connectivity index (χ4n) is 3.67. The van der Waals surface area contributed by atoms with Crippen molar-refractivity contribution >= 4 is 18.7 Å². The van der Waals surface area contributed by atoms with Gasteiger partial charge in [0, 0.05) is 16.7 Å². The van der Waals surface area contributed by atoms with Crippen molar-refractivity contribution in [3.63, 3.8) is 0 Å². The summed E-state index contributed by atoms with van der Waals surface area (Å²) >= 11 is 0. The molecular formula is C38H37FO6. The number of carbonyl (C=O) groups excluding carboxylic acids is 3. The molecule has 0 atom stereocenters. The summed E-state index contributed by atoms with van der Waals surface area (Å²) < 4.78 is 30.8. The molecular weight excluding hydrogens is 571 g/mol. The Balaban J connectivity index is 0.000000691. The van der Waals surface area contributed by atoms with Crippen molar-refractivity contribution in [2.45, 2.75) is 27.7 Å².